The molecule has 0 saturated carbocycles. The number of carbonyl (C=O) groups excluding carboxylic acids is 1. The molecular formula is C16H7Cl3N2O4. The lowest BCUT2D eigenvalue weighted by molar-refractivity contribution is -0.384. The lowest BCUT2D eigenvalue weighted by Gasteiger charge is -2.01. The summed E-state index contributed by atoms with van der Waals surface area (Å²) in [5.41, 5.74) is 0.329. The second-order valence-corrected chi connectivity index (χ2v) is 6.12. The summed E-state index contributed by atoms with van der Waals surface area (Å²) in [4.78, 5) is 26.4. The van der Waals surface area contributed by atoms with E-state index >= 15 is 0 Å². The molecule has 6 nitrogen and oxygen atoms in total. The second kappa shape index (κ2) is 6.84. The van der Waals surface area contributed by atoms with E-state index in [0.717, 1.165) is 0 Å². The molecular weight excluding hydrogens is 391 g/mol. The number of hydrogen-bond acceptors (Lipinski definition) is 5. The number of nitro groups is 1. The molecule has 0 aliphatic carbocycles. The number of rotatable bonds is 3. The van der Waals surface area contributed by atoms with Crippen LogP contribution in [0.1, 0.15) is 11.1 Å². The lowest BCUT2D eigenvalue weighted by Crippen LogP contribution is -2.06. The first-order valence-electron chi connectivity index (χ1n) is 6.77. The highest BCUT2D eigenvalue weighted by Gasteiger charge is 2.26. The van der Waals surface area contributed by atoms with Crippen LogP contribution in [0.2, 0.25) is 15.1 Å². The van der Waals surface area contributed by atoms with E-state index in [-0.39, 0.29) is 27.9 Å². The SMILES string of the molecule is O=C1OC(c2ccc(Cl)c([N+](=O)[O-])c2)=N/C1=C\c1c(Cl)cccc1Cl. The highest BCUT2D eigenvalue weighted by atomic mass is 35.5. The first-order chi connectivity index (χ1) is 11.9. The van der Waals surface area contributed by atoms with Crippen LogP contribution in [0.3, 0.4) is 0 Å². The summed E-state index contributed by atoms with van der Waals surface area (Å²) >= 11 is 17.9. The van der Waals surface area contributed by atoms with E-state index in [1.807, 2.05) is 0 Å². The van der Waals surface area contributed by atoms with Crippen molar-refractivity contribution in [1.29, 1.82) is 0 Å². The summed E-state index contributed by atoms with van der Waals surface area (Å²) in [5, 5.41) is 11.6. The Kier molecular flexibility index (Phi) is 4.76. The third-order valence-electron chi connectivity index (χ3n) is 3.29. The van der Waals surface area contributed by atoms with Crippen molar-refractivity contribution >= 4 is 58.4 Å². The van der Waals surface area contributed by atoms with Crippen LogP contribution in [-0.2, 0) is 9.53 Å². The molecule has 2 aromatic carbocycles. The first-order valence-corrected chi connectivity index (χ1v) is 7.91. The van der Waals surface area contributed by atoms with Crippen molar-refractivity contribution in [2.45, 2.75) is 0 Å². The minimum Gasteiger partial charge on any atom is -0.402 e. The standard InChI is InChI=1S/C16H7Cl3N2O4/c17-10-2-1-3-11(18)9(10)7-13-16(22)25-15(20-13)8-4-5-12(19)14(6-8)21(23)24/h1-7H/b13-7-. The predicted octanol–water partition coefficient (Wildman–Crippen LogP) is 4.90. The van der Waals surface area contributed by atoms with Crippen LogP contribution in [-0.4, -0.2) is 16.8 Å². The smallest absolute Gasteiger partial charge is 0.363 e. The Balaban J connectivity index is 2.03. The molecule has 9 heteroatoms. The van der Waals surface area contributed by atoms with Gasteiger partial charge in [0, 0.05) is 27.2 Å². The molecule has 0 fully saturated rings. The fraction of sp³-hybridized carbons (Fsp3) is 0. The third kappa shape index (κ3) is 3.51. The maximum absolute atomic E-state index is 12.0. The van der Waals surface area contributed by atoms with Crippen LogP contribution in [0.25, 0.3) is 6.08 Å². The number of nitrogens with zero attached hydrogens (tertiary/aromatic N) is 2. The zero-order valence-corrected chi connectivity index (χ0v) is 14.5. The van der Waals surface area contributed by atoms with Gasteiger partial charge in [0.25, 0.3) is 5.69 Å². The molecule has 1 aliphatic heterocycles. The quantitative estimate of drug-likeness (QED) is 0.319. The minimum atomic E-state index is -0.719. The van der Waals surface area contributed by atoms with Gasteiger partial charge in [-0.1, -0.05) is 40.9 Å². The Morgan fingerprint density at radius 2 is 1.76 bits per heavy atom. The zero-order chi connectivity index (χ0) is 18.1. The van der Waals surface area contributed by atoms with Crippen molar-refractivity contribution in [2.75, 3.05) is 0 Å². The number of aliphatic imine (C=N–C) groups is 1. The number of ether oxygens (including phenoxy) is 1. The van der Waals surface area contributed by atoms with Crippen LogP contribution in [0.4, 0.5) is 5.69 Å². The average Bonchev–Trinajstić information content (AvgIpc) is 2.92. The largest absolute Gasteiger partial charge is 0.402 e. The molecule has 0 aromatic heterocycles. The number of benzene rings is 2. The lowest BCUT2D eigenvalue weighted by atomic mass is 10.2. The van der Waals surface area contributed by atoms with Crippen LogP contribution in [0.15, 0.2) is 47.1 Å². The topological polar surface area (TPSA) is 81.8 Å². The van der Waals surface area contributed by atoms with Crippen molar-refractivity contribution in [2.24, 2.45) is 4.99 Å². The van der Waals surface area contributed by atoms with Crippen LogP contribution >= 0.6 is 34.8 Å². The van der Waals surface area contributed by atoms with Gasteiger partial charge in [0.2, 0.25) is 5.90 Å². The van der Waals surface area contributed by atoms with E-state index < -0.39 is 10.9 Å². The third-order valence-corrected chi connectivity index (χ3v) is 4.27. The first kappa shape index (κ1) is 17.4. The van der Waals surface area contributed by atoms with Gasteiger partial charge < -0.3 is 4.74 Å². The summed E-state index contributed by atoms with van der Waals surface area (Å²) in [7, 11) is 0. The fourth-order valence-corrected chi connectivity index (χ4v) is 2.80. The molecule has 1 aliphatic rings. The van der Waals surface area contributed by atoms with Gasteiger partial charge in [-0.15, -0.1) is 0 Å². The molecule has 0 unspecified atom stereocenters. The molecule has 2 aromatic rings. The second-order valence-electron chi connectivity index (χ2n) is 4.89. The molecule has 0 saturated heterocycles. The van der Waals surface area contributed by atoms with Gasteiger partial charge in [-0.3, -0.25) is 10.1 Å². The number of nitro benzene ring substituents is 1. The molecule has 0 N–H and O–H groups in total. The molecule has 1 heterocycles. The molecule has 0 bridgehead atoms. The van der Waals surface area contributed by atoms with Gasteiger partial charge in [0.05, 0.1) is 4.92 Å². The predicted molar refractivity (Wildman–Crippen MR) is 95.2 cm³/mol. The van der Waals surface area contributed by atoms with Gasteiger partial charge in [-0.05, 0) is 30.3 Å². The van der Waals surface area contributed by atoms with Gasteiger partial charge in [0.1, 0.15) is 5.02 Å². The van der Waals surface area contributed by atoms with E-state index in [1.54, 1.807) is 18.2 Å². The normalized spacial score (nSPS) is 15.2. The number of esters is 1. The van der Waals surface area contributed by atoms with Crippen molar-refractivity contribution in [3.63, 3.8) is 0 Å². The summed E-state index contributed by atoms with van der Waals surface area (Å²) in [6.45, 7) is 0. The van der Waals surface area contributed by atoms with Crippen molar-refractivity contribution < 1.29 is 14.5 Å². The van der Waals surface area contributed by atoms with Crippen molar-refractivity contribution in [3.05, 3.63) is 78.4 Å². The average molecular weight is 398 g/mol. The Bertz CT molecular complexity index is 950. The maximum Gasteiger partial charge on any atom is 0.363 e. The summed E-state index contributed by atoms with van der Waals surface area (Å²) < 4.78 is 5.08. The summed E-state index contributed by atoms with van der Waals surface area (Å²) in [6.07, 6.45) is 1.39. The molecule has 0 atom stereocenters. The van der Waals surface area contributed by atoms with Crippen LogP contribution in [0.5, 0.6) is 0 Å². The molecule has 0 spiro atoms. The van der Waals surface area contributed by atoms with Gasteiger partial charge in [-0.2, -0.15) is 0 Å². The highest BCUT2D eigenvalue weighted by Crippen LogP contribution is 2.30. The highest BCUT2D eigenvalue weighted by molar-refractivity contribution is 6.37. The fourth-order valence-electron chi connectivity index (χ4n) is 2.10. The van der Waals surface area contributed by atoms with Crippen molar-refractivity contribution in [1.82, 2.24) is 0 Å². The van der Waals surface area contributed by atoms with E-state index in [1.165, 1.54) is 24.3 Å². The Morgan fingerprint density at radius 1 is 1.08 bits per heavy atom. The van der Waals surface area contributed by atoms with Gasteiger partial charge in [0.15, 0.2) is 5.70 Å². The van der Waals surface area contributed by atoms with Gasteiger partial charge >= 0.3 is 5.97 Å². The minimum absolute atomic E-state index is 0.0254. The monoisotopic (exact) mass is 396 g/mol. The zero-order valence-electron chi connectivity index (χ0n) is 12.2. The molecule has 126 valence electrons. The summed E-state index contributed by atoms with van der Waals surface area (Å²) in [6, 6.07) is 8.88. The number of carbonyl (C=O) groups is 1. The van der Waals surface area contributed by atoms with Crippen LogP contribution in [0, 0.1) is 10.1 Å². The van der Waals surface area contributed by atoms with E-state index in [0.29, 0.717) is 15.6 Å². The summed E-state index contributed by atoms with van der Waals surface area (Å²) in [5.74, 6) is -0.789. The van der Waals surface area contributed by atoms with Crippen molar-refractivity contribution in [3.8, 4) is 0 Å². The Morgan fingerprint density at radius 3 is 2.40 bits per heavy atom. The molecule has 0 amide bonds. The van der Waals surface area contributed by atoms with Gasteiger partial charge in [-0.25, -0.2) is 9.79 Å². The van der Waals surface area contributed by atoms with E-state index in [4.69, 9.17) is 39.5 Å². The van der Waals surface area contributed by atoms with E-state index in [2.05, 4.69) is 4.99 Å². The molecule has 25 heavy (non-hydrogen) atoms. The van der Waals surface area contributed by atoms with Crippen LogP contribution < -0.4 is 0 Å². The number of cyclic esters (lactones) is 1. The number of hydrogen-bond donors (Lipinski definition) is 0. The van der Waals surface area contributed by atoms with E-state index in [9.17, 15) is 14.9 Å². The molecule has 0 radical (unpaired) electrons. The maximum atomic E-state index is 12.0. The Hall–Kier alpha value is -2.41. The molecule has 3 rings (SSSR count). The number of halogens is 3. The Labute approximate surface area is 156 Å².